The molecular formula is C26H30N6O3S. The minimum Gasteiger partial charge on any atom is -0.339 e. The molecule has 1 amide bonds. The van der Waals surface area contributed by atoms with E-state index in [1.54, 1.807) is 0 Å². The quantitative estimate of drug-likeness (QED) is 0.306. The lowest BCUT2D eigenvalue weighted by Gasteiger charge is -2.22. The average Bonchev–Trinajstić information content (AvgIpc) is 3.65. The molecule has 0 radical (unpaired) electrons. The van der Waals surface area contributed by atoms with E-state index in [0.29, 0.717) is 47.3 Å². The van der Waals surface area contributed by atoms with Crippen molar-refractivity contribution in [1.29, 1.82) is 0 Å². The highest BCUT2D eigenvalue weighted by Crippen LogP contribution is 2.34. The van der Waals surface area contributed by atoms with E-state index in [1.165, 1.54) is 49.0 Å². The first-order valence-corrected chi connectivity index (χ1v) is 13.4. The van der Waals surface area contributed by atoms with Gasteiger partial charge in [-0.2, -0.15) is 9.97 Å². The molecule has 3 aromatic heterocycles. The van der Waals surface area contributed by atoms with Gasteiger partial charge in [-0.15, -0.1) is 11.3 Å². The summed E-state index contributed by atoms with van der Waals surface area (Å²) in [7, 11) is 0. The SMILES string of the molecule is CC(C)c1noc(CCc2nc(CC(=O)Nc3nc(-c4ccc(C5CCCCC5)cc4)cs3)no2)n1. The molecule has 0 unspecified atom stereocenters. The predicted molar refractivity (Wildman–Crippen MR) is 136 cm³/mol. The van der Waals surface area contributed by atoms with Crippen molar-refractivity contribution >= 4 is 22.4 Å². The third-order valence-electron chi connectivity index (χ3n) is 6.42. The van der Waals surface area contributed by atoms with Crippen LogP contribution in [0.4, 0.5) is 5.13 Å². The molecule has 0 bridgehead atoms. The molecule has 1 fully saturated rings. The molecule has 36 heavy (non-hydrogen) atoms. The first-order chi connectivity index (χ1) is 17.5. The van der Waals surface area contributed by atoms with Crippen LogP contribution in [0.25, 0.3) is 11.3 Å². The van der Waals surface area contributed by atoms with Crippen LogP contribution in [0.1, 0.15) is 86.8 Å². The molecule has 1 aliphatic rings. The summed E-state index contributed by atoms with van der Waals surface area (Å²) in [4.78, 5) is 25.7. The number of anilines is 1. The summed E-state index contributed by atoms with van der Waals surface area (Å²) in [5.74, 6) is 2.60. The van der Waals surface area contributed by atoms with Gasteiger partial charge in [-0.3, -0.25) is 4.79 Å². The number of amides is 1. The van der Waals surface area contributed by atoms with Gasteiger partial charge in [0.15, 0.2) is 16.8 Å². The number of nitrogens with zero attached hydrogens (tertiary/aromatic N) is 5. The van der Waals surface area contributed by atoms with Gasteiger partial charge in [-0.1, -0.05) is 67.7 Å². The van der Waals surface area contributed by atoms with Crippen LogP contribution in [0.2, 0.25) is 0 Å². The Labute approximate surface area is 213 Å². The van der Waals surface area contributed by atoms with Crippen LogP contribution in [0, 0.1) is 0 Å². The lowest BCUT2D eigenvalue weighted by Crippen LogP contribution is -2.15. The number of aryl methyl sites for hydroxylation is 2. The second kappa shape index (κ2) is 11.1. The molecule has 0 aliphatic heterocycles. The molecule has 1 saturated carbocycles. The summed E-state index contributed by atoms with van der Waals surface area (Å²) >= 11 is 1.40. The number of benzene rings is 1. The van der Waals surface area contributed by atoms with E-state index in [4.69, 9.17) is 9.05 Å². The molecule has 1 aliphatic carbocycles. The van der Waals surface area contributed by atoms with E-state index in [0.717, 1.165) is 11.3 Å². The predicted octanol–water partition coefficient (Wildman–Crippen LogP) is 5.71. The molecule has 1 N–H and O–H groups in total. The van der Waals surface area contributed by atoms with Crippen molar-refractivity contribution in [2.75, 3.05) is 5.32 Å². The fraction of sp³-hybridized carbons (Fsp3) is 0.462. The summed E-state index contributed by atoms with van der Waals surface area (Å²) in [6, 6.07) is 8.70. The average molecular weight is 507 g/mol. The maximum atomic E-state index is 12.5. The van der Waals surface area contributed by atoms with Crippen molar-refractivity contribution in [3.8, 4) is 11.3 Å². The molecular weight excluding hydrogens is 476 g/mol. The summed E-state index contributed by atoms with van der Waals surface area (Å²) in [5.41, 5.74) is 3.32. The molecule has 188 valence electrons. The van der Waals surface area contributed by atoms with Gasteiger partial charge in [0, 0.05) is 29.7 Å². The Morgan fingerprint density at radius 3 is 2.44 bits per heavy atom. The first-order valence-electron chi connectivity index (χ1n) is 12.5. The van der Waals surface area contributed by atoms with Crippen LogP contribution < -0.4 is 5.32 Å². The lowest BCUT2D eigenvalue weighted by atomic mass is 9.84. The molecule has 10 heteroatoms. The van der Waals surface area contributed by atoms with Crippen molar-refractivity contribution in [3.05, 3.63) is 58.6 Å². The van der Waals surface area contributed by atoms with Crippen molar-refractivity contribution in [3.63, 3.8) is 0 Å². The Morgan fingerprint density at radius 1 is 1.00 bits per heavy atom. The maximum absolute atomic E-state index is 12.5. The van der Waals surface area contributed by atoms with Crippen molar-refractivity contribution in [2.24, 2.45) is 0 Å². The number of hydrogen-bond donors (Lipinski definition) is 1. The topological polar surface area (TPSA) is 120 Å². The van der Waals surface area contributed by atoms with E-state index < -0.39 is 0 Å². The van der Waals surface area contributed by atoms with Crippen LogP contribution in [0.3, 0.4) is 0 Å². The third kappa shape index (κ3) is 6.04. The summed E-state index contributed by atoms with van der Waals surface area (Å²) < 4.78 is 10.5. The Kier molecular flexibility index (Phi) is 7.50. The molecule has 0 spiro atoms. The second-order valence-corrected chi connectivity index (χ2v) is 10.4. The smallest absolute Gasteiger partial charge is 0.233 e. The highest BCUT2D eigenvalue weighted by molar-refractivity contribution is 7.14. The fourth-order valence-electron chi connectivity index (χ4n) is 4.41. The maximum Gasteiger partial charge on any atom is 0.233 e. The Hall–Kier alpha value is -3.40. The molecule has 5 rings (SSSR count). The van der Waals surface area contributed by atoms with Gasteiger partial charge in [-0.25, -0.2) is 4.98 Å². The normalized spacial score (nSPS) is 14.4. The number of carbonyl (C=O) groups is 1. The highest BCUT2D eigenvalue weighted by atomic mass is 32.1. The second-order valence-electron chi connectivity index (χ2n) is 9.53. The molecule has 0 saturated heterocycles. The summed E-state index contributed by atoms with van der Waals surface area (Å²) in [6.45, 7) is 4.01. The van der Waals surface area contributed by atoms with Crippen molar-refractivity contribution in [1.82, 2.24) is 25.3 Å². The zero-order valence-corrected chi connectivity index (χ0v) is 21.4. The van der Waals surface area contributed by atoms with E-state index in [1.807, 2.05) is 19.2 Å². The number of carbonyl (C=O) groups excluding carboxylic acids is 1. The Morgan fingerprint density at radius 2 is 1.72 bits per heavy atom. The van der Waals surface area contributed by atoms with Crippen LogP contribution >= 0.6 is 11.3 Å². The van der Waals surface area contributed by atoms with Gasteiger partial charge in [0.2, 0.25) is 17.7 Å². The Bertz CT molecular complexity index is 1290. The zero-order valence-electron chi connectivity index (χ0n) is 20.6. The van der Waals surface area contributed by atoms with E-state index in [-0.39, 0.29) is 18.2 Å². The third-order valence-corrected chi connectivity index (χ3v) is 7.17. The number of rotatable bonds is 9. The highest BCUT2D eigenvalue weighted by Gasteiger charge is 2.17. The molecule has 1 aromatic carbocycles. The van der Waals surface area contributed by atoms with Crippen LogP contribution in [-0.4, -0.2) is 31.2 Å². The number of hydrogen-bond acceptors (Lipinski definition) is 9. The first kappa shape index (κ1) is 24.3. The number of aromatic nitrogens is 5. The minimum atomic E-state index is -0.241. The summed E-state index contributed by atoms with van der Waals surface area (Å²) in [6.07, 6.45) is 7.54. The Balaban J connectivity index is 1.12. The largest absolute Gasteiger partial charge is 0.339 e. The molecule has 0 atom stereocenters. The fourth-order valence-corrected chi connectivity index (χ4v) is 5.15. The standard InChI is InChI=1S/C26H30N6O3S/c1-16(2)25-30-24(35-32-25)13-12-23-28-21(31-34-23)14-22(33)29-26-27-20(15-36-26)19-10-8-18(9-11-19)17-6-4-3-5-7-17/h8-11,15-17H,3-7,12-14H2,1-2H3,(H,27,29,33). The zero-order chi connectivity index (χ0) is 24.9. The van der Waals surface area contributed by atoms with Gasteiger partial charge in [0.05, 0.1) is 12.1 Å². The number of nitrogens with one attached hydrogen (secondary N) is 1. The van der Waals surface area contributed by atoms with Crippen LogP contribution in [-0.2, 0) is 24.1 Å². The van der Waals surface area contributed by atoms with E-state index in [2.05, 4.69) is 54.8 Å². The monoisotopic (exact) mass is 506 g/mol. The minimum absolute atomic E-state index is 0.00650. The van der Waals surface area contributed by atoms with Gasteiger partial charge >= 0.3 is 0 Å². The molecule has 9 nitrogen and oxygen atoms in total. The van der Waals surface area contributed by atoms with Gasteiger partial charge in [0.25, 0.3) is 0 Å². The van der Waals surface area contributed by atoms with Gasteiger partial charge < -0.3 is 14.4 Å². The van der Waals surface area contributed by atoms with Gasteiger partial charge in [0.1, 0.15) is 0 Å². The van der Waals surface area contributed by atoms with E-state index >= 15 is 0 Å². The van der Waals surface area contributed by atoms with Crippen molar-refractivity contribution < 1.29 is 13.8 Å². The summed E-state index contributed by atoms with van der Waals surface area (Å²) in [5, 5.41) is 13.2. The van der Waals surface area contributed by atoms with Gasteiger partial charge in [-0.05, 0) is 24.3 Å². The molecule has 4 aromatic rings. The van der Waals surface area contributed by atoms with E-state index in [9.17, 15) is 4.79 Å². The lowest BCUT2D eigenvalue weighted by molar-refractivity contribution is -0.115. The van der Waals surface area contributed by atoms with Crippen LogP contribution in [0.5, 0.6) is 0 Å². The molecule has 3 heterocycles. The van der Waals surface area contributed by atoms with Crippen LogP contribution in [0.15, 0.2) is 38.7 Å². The van der Waals surface area contributed by atoms with Crippen molar-refractivity contribution in [2.45, 2.75) is 77.0 Å². The number of thiazole rings is 1.